The van der Waals surface area contributed by atoms with Gasteiger partial charge in [0, 0.05) is 25.2 Å². The van der Waals surface area contributed by atoms with E-state index in [-0.39, 0.29) is 5.60 Å². The number of hydrogen-bond acceptors (Lipinski definition) is 4. The number of benzene rings is 1. The Kier molecular flexibility index (Phi) is 4.32. The molecule has 4 nitrogen and oxygen atoms in total. The lowest BCUT2D eigenvalue weighted by Gasteiger charge is -2.38. The van der Waals surface area contributed by atoms with E-state index in [4.69, 9.17) is 15.2 Å². The molecule has 2 rings (SSSR count). The van der Waals surface area contributed by atoms with Gasteiger partial charge < -0.3 is 20.1 Å². The van der Waals surface area contributed by atoms with Crippen molar-refractivity contribution in [1.29, 1.82) is 0 Å². The first kappa shape index (κ1) is 14.2. The van der Waals surface area contributed by atoms with Crippen molar-refractivity contribution in [1.82, 2.24) is 4.90 Å². The van der Waals surface area contributed by atoms with Crippen molar-refractivity contribution in [3.05, 3.63) is 23.8 Å². The van der Waals surface area contributed by atoms with Gasteiger partial charge in [-0.15, -0.1) is 0 Å². The van der Waals surface area contributed by atoms with Crippen molar-refractivity contribution in [3.8, 4) is 11.5 Å². The first-order valence-electron chi connectivity index (χ1n) is 6.81. The van der Waals surface area contributed by atoms with E-state index >= 15 is 0 Å². The summed E-state index contributed by atoms with van der Waals surface area (Å²) in [6, 6.07) is 5.87. The number of likely N-dealkylation sites (tertiary alicyclic amines) is 1. The summed E-state index contributed by atoms with van der Waals surface area (Å²) in [4.78, 5) is 2.33. The summed E-state index contributed by atoms with van der Waals surface area (Å²) in [5, 5.41) is 0. The summed E-state index contributed by atoms with van der Waals surface area (Å²) < 4.78 is 11.7. The van der Waals surface area contributed by atoms with E-state index in [1.807, 2.05) is 18.2 Å². The maximum atomic E-state index is 6.30. The molecule has 1 aliphatic rings. The maximum Gasteiger partial charge on any atom is 0.166 e. The van der Waals surface area contributed by atoms with Gasteiger partial charge in [0.15, 0.2) is 11.5 Å². The predicted molar refractivity (Wildman–Crippen MR) is 76.6 cm³/mol. The zero-order valence-electron chi connectivity index (χ0n) is 12.1. The number of para-hydroxylation sites is 1. The van der Waals surface area contributed by atoms with E-state index in [0.717, 1.165) is 43.0 Å². The van der Waals surface area contributed by atoms with Gasteiger partial charge in [-0.2, -0.15) is 0 Å². The van der Waals surface area contributed by atoms with Gasteiger partial charge in [0.25, 0.3) is 0 Å². The second-order valence-electron chi connectivity index (χ2n) is 5.51. The third-order valence-electron chi connectivity index (χ3n) is 3.89. The van der Waals surface area contributed by atoms with Crippen molar-refractivity contribution in [3.63, 3.8) is 0 Å². The quantitative estimate of drug-likeness (QED) is 0.904. The van der Waals surface area contributed by atoms with Crippen molar-refractivity contribution in [2.75, 3.05) is 27.2 Å². The number of nitrogens with zero attached hydrogens (tertiary/aromatic N) is 1. The fourth-order valence-corrected chi connectivity index (χ4v) is 2.44. The Bertz CT molecular complexity index is 404. The second-order valence-corrected chi connectivity index (χ2v) is 5.51. The fraction of sp³-hybridized carbons (Fsp3) is 0.600. The number of piperidine rings is 1. The van der Waals surface area contributed by atoms with E-state index in [9.17, 15) is 0 Å². The Labute approximate surface area is 115 Å². The van der Waals surface area contributed by atoms with Crippen LogP contribution in [0.1, 0.15) is 25.3 Å². The minimum absolute atomic E-state index is 0.134. The lowest BCUT2D eigenvalue weighted by Crippen LogP contribution is -2.44. The SMILES string of the molecule is COc1cccc(CN)c1OC1(C)CCN(C)CC1. The minimum atomic E-state index is -0.134. The van der Waals surface area contributed by atoms with Gasteiger partial charge in [0.05, 0.1) is 7.11 Å². The number of methoxy groups -OCH3 is 1. The fourth-order valence-electron chi connectivity index (χ4n) is 2.44. The predicted octanol–water partition coefficient (Wildman–Crippen LogP) is 2.02. The van der Waals surface area contributed by atoms with E-state index in [1.54, 1.807) is 7.11 Å². The summed E-state index contributed by atoms with van der Waals surface area (Å²) in [6.45, 7) is 4.75. The lowest BCUT2D eigenvalue weighted by atomic mass is 9.93. The highest BCUT2D eigenvalue weighted by molar-refractivity contribution is 5.47. The molecule has 1 aromatic rings. The third kappa shape index (κ3) is 3.19. The van der Waals surface area contributed by atoms with Gasteiger partial charge in [-0.1, -0.05) is 12.1 Å². The largest absolute Gasteiger partial charge is 0.493 e. The van der Waals surface area contributed by atoms with E-state index in [2.05, 4.69) is 18.9 Å². The highest BCUT2D eigenvalue weighted by Crippen LogP contribution is 2.36. The molecule has 1 aromatic carbocycles. The number of nitrogens with two attached hydrogens (primary N) is 1. The molecule has 0 unspecified atom stereocenters. The maximum absolute atomic E-state index is 6.30. The molecule has 4 heteroatoms. The number of hydrogen-bond donors (Lipinski definition) is 1. The summed E-state index contributed by atoms with van der Waals surface area (Å²) >= 11 is 0. The Balaban J connectivity index is 2.22. The monoisotopic (exact) mass is 264 g/mol. The Morgan fingerprint density at radius 1 is 1.32 bits per heavy atom. The highest BCUT2D eigenvalue weighted by atomic mass is 16.5. The van der Waals surface area contributed by atoms with Crippen LogP contribution >= 0.6 is 0 Å². The zero-order valence-corrected chi connectivity index (χ0v) is 12.1. The van der Waals surface area contributed by atoms with E-state index < -0.39 is 0 Å². The topological polar surface area (TPSA) is 47.7 Å². The Hall–Kier alpha value is -1.26. The van der Waals surface area contributed by atoms with Gasteiger partial charge in [0.2, 0.25) is 0 Å². The second kappa shape index (κ2) is 5.80. The number of rotatable bonds is 4. The smallest absolute Gasteiger partial charge is 0.166 e. The van der Waals surface area contributed by atoms with Crippen LogP contribution in [0, 0.1) is 0 Å². The minimum Gasteiger partial charge on any atom is -0.493 e. The lowest BCUT2D eigenvalue weighted by molar-refractivity contribution is 0.0212. The molecule has 1 aliphatic heterocycles. The molecule has 0 atom stereocenters. The molecule has 0 spiro atoms. The first-order valence-corrected chi connectivity index (χ1v) is 6.81. The van der Waals surface area contributed by atoms with Crippen molar-refractivity contribution in [2.24, 2.45) is 5.73 Å². The van der Waals surface area contributed by atoms with Gasteiger partial charge in [0.1, 0.15) is 5.60 Å². The summed E-state index contributed by atoms with van der Waals surface area (Å²) in [5.74, 6) is 1.57. The van der Waals surface area contributed by atoms with Crippen LogP contribution in [0.3, 0.4) is 0 Å². The molecule has 0 aromatic heterocycles. The average molecular weight is 264 g/mol. The van der Waals surface area contributed by atoms with Gasteiger partial charge in [-0.05, 0) is 32.9 Å². The van der Waals surface area contributed by atoms with Gasteiger partial charge in [-0.3, -0.25) is 0 Å². The van der Waals surface area contributed by atoms with Gasteiger partial charge in [-0.25, -0.2) is 0 Å². The van der Waals surface area contributed by atoms with Crippen molar-refractivity contribution in [2.45, 2.75) is 31.9 Å². The molecule has 0 radical (unpaired) electrons. The van der Waals surface area contributed by atoms with E-state index in [0.29, 0.717) is 6.54 Å². The standard InChI is InChI=1S/C15H24N2O2/c1-15(7-9-17(2)10-8-15)19-14-12(11-16)5-4-6-13(14)18-3/h4-6H,7-11,16H2,1-3H3. The summed E-state index contributed by atoms with van der Waals surface area (Å²) in [6.07, 6.45) is 2.04. The first-order chi connectivity index (χ1) is 9.08. The van der Waals surface area contributed by atoms with Crippen molar-refractivity contribution >= 4 is 0 Å². The number of ether oxygens (including phenoxy) is 2. The highest BCUT2D eigenvalue weighted by Gasteiger charge is 2.32. The molecule has 0 aliphatic carbocycles. The molecule has 2 N–H and O–H groups in total. The van der Waals surface area contributed by atoms with Crippen LogP contribution in [-0.4, -0.2) is 37.7 Å². The average Bonchev–Trinajstić information content (AvgIpc) is 2.42. The molecule has 1 saturated heterocycles. The van der Waals surface area contributed by atoms with Crippen LogP contribution in [0.4, 0.5) is 0 Å². The summed E-state index contributed by atoms with van der Waals surface area (Å²) in [7, 11) is 3.81. The van der Waals surface area contributed by atoms with Crippen LogP contribution < -0.4 is 15.2 Å². The van der Waals surface area contributed by atoms with Crippen molar-refractivity contribution < 1.29 is 9.47 Å². The molecule has 1 fully saturated rings. The molecular formula is C15H24N2O2. The van der Waals surface area contributed by atoms with Crippen LogP contribution in [-0.2, 0) is 6.54 Å². The Morgan fingerprint density at radius 2 is 2.00 bits per heavy atom. The molecule has 19 heavy (non-hydrogen) atoms. The van der Waals surface area contributed by atoms with Crippen LogP contribution in [0.2, 0.25) is 0 Å². The van der Waals surface area contributed by atoms with Gasteiger partial charge >= 0.3 is 0 Å². The molecule has 106 valence electrons. The third-order valence-corrected chi connectivity index (χ3v) is 3.89. The molecule has 0 saturated carbocycles. The van der Waals surface area contributed by atoms with Crippen LogP contribution in [0.5, 0.6) is 11.5 Å². The normalized spacial score (nSPS) is 19.2. The molecule has 1 heterocycles. The zero-order chi connectivity index (χ0) is 13.9. The summed E-state index contributed by atoms with van der Waals surface area (Å²) in [5.41, 5.74) is 6.67. The van der Waals surface area contributed by atoms with Crippen LogP contribution in [0.25, 0.3) is 0 Å². The molecule has 0 bridgehead atoms. The Morgan fingerprint density at radius 3 is 2.58 bits per heavy atom. The molecular weight excluding hydrogens is 240 g/mol. The van der Waals surface area contributed by atoms with Crippen LogP contribution in [0.15, 0.2) is 18.2 Å². The molecule has 0 amide bonds. The van der Waals surface area contributed by atoms with E-state index in [1.165, 1.54) is 0 Å².